The van der Waals surface area contributed by atoms with Crippen molar-refractivity contribution in [2.75, 3.05) is 12.0 Å². The summed E-state index contributed by atoms with van der Waals surface area (Å²) in [5.41, 5.74) is 2.66. The highest BCUT2D eigenvalue weighted by molar-refractivity contribution is 7.80. The van der Waals surface area contributed by atoms with E-state index < -0.39 is 5.54 Å². The van der Waals surface area contributed by atoms with Gasteiger partial charge in [0.15, 0.2) is 0 Å². The van der Waals surface area contributed by atoms with Gasteiger partial charge >= 0.3 is 0 Å². The summed E-state index contributed by atoms with van der Waals surface area (Å²) in [7, 11) is 4.96. The number of hydrogen-bond donors (Lipinski definition) is 0. The Balaban J connectivity index is 2.14. The summed E-state index contributed by atoms with van der Waals surface area (Å²) >= 11 is 5.61. The van der Waals surface area contributed by atoms with Gasteiger partial charge in [0.25, 0.3) is 0 Å². The van der Waals surface area contributed by atoms with Crippen LogP contribution in [0.25, 0.3) is 11.1 Å². The summed E-state index contributed by atoms with van der Waals surface area (Å²) in [6.07, 6.45) is 3.70. The van der Waals surface area contributed by atoms with E-state index >= 15 is 0 Å². The van der Waals surface area contributed by atoms with Crippen molar-refractivity contribution in [1.29, 1.82) is 0 Å². The Morgan fingerprint density at radius 3 is 2.72 bits per heavy atom. The van der Waals surface area contributed by atoms with Crippen molar-refractivity contribution in [2.45, 2.75) is 52.0 Å². The number of carbonyl (C=O) groups excluding carboxylic acids is 1. The number of hydrogen-bond acceptors (Lipinski definition) is 5. The van der Waals surface area contributed by atoms with Crippen LogP contribution in [0.5, 0.6) is 5.75 Å². The van der Waals surface area contributed by atoms with Crippen molar-refractivity contribution in [3.8, 4) is 16.9 Å². The molecule has 0 spiro atoms. The molecule has 0 fully saturated rings. The molecule has 1 aromatic carbocycles. The van der Waals surface area contributed by atoms with E-state index in [1.165, 1.54) is 4.88 Å². The molecule has 0 aliphatic carbocycles. The molecule has 3 rings (SSSR count). The fraction of sp³-hybridized carbons (Fsp3) is 0.474. The minimum absolute atomic E-state index is 0.180. The second-order valence-corrected chi connectivity index (χ2v) is 9.60. The van der Waals surface area contributed by atoms with Crippen molar-refractivity contribution in [3.05, 3.63) is 26.9 Å². The smallest absolute Gasteiger partial charge is 0.227 e. The van der Waals surface area contributed by atoms with Gasteiger partial charge in [-0.3, -0.25) is 4.79 Å². The lowest BCUT2D eigenvalue weighted by Gasteiger charge is -2.43. The molecular formula is C19H23NO2S3. The lowest BCUT2D eigenvalue weighted by atomic mass is 9.87. The van der Waals surface area contributed by atoms with E-state index in [4.69, 9.17) is 17.0 Å². The first-order valence-electron chi connectivity index (χ1n) is 8.57. The van der Waals surface area contributed by atoms with Crippen LogP contribution in [0.2, 0.25) is 0 Å². The molecule has 2 heterocycles. The average molecular weight is 394 g/mol. The van der Waals surface area contributed by atoms with Gasteiger partial charge in [-0.05, 0) is 38.5 Å². The van der Waals surface area contributed by atoms with E-state index in [1.54, 1.807) is 27.8 Å². The Morgan fingerprint density at radius 2 is 2.04 bits per heavy atom. The lowest BCUT2D eigenvalue weighted by Crippen LogP contribution is -2.47. The maximum absolute atomic E-state index is 13.1. The third kappa shape index (κ3) is 3.15. The molecule has 1 amide bonds. The molecule has 0 saturated carbocycles. The van der Waals surface area contributed by atoms with Gasteiger partial charge < -0.3 is 9.64 Å². The number of fused-ring (bicyclic) bond motifs is 3. The van der Waals surface area contributed by atoms with E-state index in [0.29, 0.717) is 6.42 Å². The molecule has 1 aromatic heterocycles. The van der Waals surface area contributed by atoms with Gasteiger partial charge in [-0.15, -0.1) is 0 Å². The van der Waals surface area contributed by atoms with Gasteiger partial charge in [-0.1, -0.05) is 52.7 Å². The zero-order valence-electron chi connectivity index (χ0n) is 15.0. The number of amides is 1. The third-order valence-corrected chi connectivity index (χ3v) is 8.03. The van der Waals surface area contributed by atoms with Gasteiger partial charge in [-0.2, -0.15) is 0 Å². The molecule has 0 unspecified atom stereocenters. The largest absolute Gasteiger partial charge is 0.497 e. The highest BCUT2D eigenvalue weighted by Gasteiger charge is 2.42. The monoisotopic (exact) mass is 393 g/mol. The van der Waals surface area contributed by atoms with Gasteiger partial charge in [0.2, 0.25) is 5.91 Å². The van der Waals surface area contributed by atoms with Crippen LogP contribution in [0.4, 0.5) is 5.69 Å². The number of anilines is 1. The van der Waals surface area contributed by atoms with Crippen LogP contribution < -0.4 is 9.64 Å². The van der Waals surface area contributed by atoms with Gasteiger partial charge in [0, 0.05) is 17.5 Å². The SMILES string of the molecule is CCCCCC(=O)N1c2ccc(OC)cc2-c2c(ssc2=S)C1(C)C. The number of methoxy groups -OCH3 is 1. The molecule has 0 bridgehead atoms. The van der Waals surface area contributed by atoms with Crippen LogP contribution in [0.1, 0.15) is 51.3 Å². The van der Waals surface area contributed by atoms with Gasteiger partial charge in [0.05, 0.1) is 23.2 Å². The van der Waals surface area contributed by atoms with Crippen molar-refractivity contribution < 1.29 is 9.53 Å². The molecular weight excluding hydrogens is 370 g/mol. The molecule has 1 aliphatic heterocycles. The fourth-order valence-electron chi connectivity index (χ4n) is 3.42. The summed E-state index contributed by atoms with van der Waals surface area (Å²) in [5, 5.41) is 0. The molecule has 0 atom stereocenters. The first-order chi connectivity index (χ1) is 11.9. The van der Waals surface area contributed by atoms with Crippen LogP contribution >= 0.6 is 32.9 Å². The summed E-state index contributed by atoms with van der Waals surface area (Å²) in [5.74, 6) is 0.966. The summed E-state index contributed by atoms with van der Waals surface area (Å²) < 4.78 is 6.30. The quantitative estimate of drug-likeness (QED) is 0.335. The number of ether oxygens (including phenoxy) is 1. The molecule has 0 N–H and O–H groups in total. The lowest BCUT2D eigenvalue weighted by molar-refractivity contribution is -0.119. The van der Waals surface area contributed by atoms with Crippen LogP contribution in [0, 0.1) is 3.82 Å². The Labute approximate surface area is 161 Å². The molecule has 2 aromatic rings. The minimum Gasteiger partial charge on any atom is -0.497 e. The number of carbonyl (C=O) groups is 1. The molecule has 0 saturated heterocycles. The fourth-order valence-corrected chi connectivity index (χ4v) is 6.70. The summed E-state index contributed by atoms with van der Waals surface area (Å²) in [6, 6.07) is 5.92. The van der Waals surface area contributed by atoms with Crippen LogP contribution in [-0.4, -0.2) is 13.0 Å². The molecule has 6 heteroatoms. The maximum atomic E-state index is 13.1. The first kappa shape index (κ1) is 18.5. The predicted molar refractivity (Wildman–Crippen MR) is 110 cm³/mol. The predicted octanol–water partition coefficient (Wildman–Crippen LogP) is 6.38. The topological polar surface area (TPSA) is 29.5 Å². The maximum Gasteiger partial charge on any atom is 0.227 e. The number of benzene rings is 1. The molecule has 134 valence electrons. The normalized spacial score (nSPS) is 14.8. The van der Waals surface area contributed by atoms with Crippen molar-refractivity contribution in [2.24, 2.45) is 0 Å². The molecule has 0 radical (unpaired) electrons. The zero-order chi connectivity index (χ0) is 18.2. The van der Waals surface area contributed by atoms with Gasteiger partial charge in [0.1, 0.15) is 9.57 Å². The first-order valence-corrected chi connectivity index (χ1v) is 11.1. The molecule has 25 heavy (non-hydrogen) atoms. The van der Waals surface area contributed by atoms with Gasteiger partial charge in [-0.25, -0.2) is 0 Å². The highest BCUT2D eigenvalue weighted by atomic mass is 32.9. The van der Waals surface area contributed by atoms with Crippen molar-refractivity contribution in [1.82, 2.24) is 0 Å². The van der Waals surface area contributed by atoms with E-state index in [2.05, 4.69) is 20.8 Å². The van der Waals surface area contributed by atoms with E-state index in [9.17, 15) is 4.79 Å². The van der Waals surface area contributed by atoms with Crippen LogP contribution in [0.15, 0.2) is 18.2 Å². The second-order valence-electron chi connectivity index (χ2n) is 6.79. The molecule has 3 nitrogen and oxygen atoms in total. The summed E-state index contributed by atoms with van der Waals surface area (Å²) in [6.45, 7) is 6.39. The Kier molecular flexibility index (Phi) is 5.32. The van der Waals surface area contributed by atoms with Crippen molar-refractivity contribution in [3.63, 3.8) is 0 Å². The van der Waals surface area contributed by atoms with E-state index in [-0.39, 0.29) is 5.91 Å². The standard InChI is InChI=1S/C19H23NO2S3/c1-5-6-7-8-15(21)20-14-10-9-12(22-4)11-13(14)16-17(19(20,2)3)24-25-18(16)23/h9-11H,5-8H2,1-4H3. The minimum atomic E-state index is -0.390. The Morgan fingerprint density at radius 1 is 1.28 bits per heavy atom. The second kappa shape index (κ2) is 7.17. The zero-order valence-corrected chi connectivity index (χ0v) is 17.5. The van der Waals surface area contributed by atoms with E-state index in [0.717, 1.165) is 45.7 Å². The Hall–Kier alpha value is -1.24. The number of nitrogens with zero attached hydrogens (tertiary/aromatic N) is 1. The highest BCUT2D eigenvalue weighted by Crippen LogP contribution is 2.53. The van der Waals surface area contributed by atoms with Crippen LogP contribution in [0.3, 0.4) is 0 Å². The third-order valence-electron chi connectivity index (χ3n) is 4.70. The van der Waals surface area contributed by atoms with Crippen LogP contribution in [-0.2, 0) is 10.3 Å². The summed E-state index contributed by atoms with van der Waals surface area (Å²) in [4.78, 5) is 16.2. The Bertz CT molecular complexity index is 851. The number of unbranched alkanes of at least 4 members (excludes halogenated alkanes) is 2. The number of rotatable bonds is 5. The average Bonchev–Trinajstić information content (AvgIpc) is 2.98. The van der Waals surface area contributed by atoms with Crippen molar-refractivity contribution >= 4 is 44.5 Å². The van der Waals surface area contributed by atoms with E-state index in [1.807, 2.05) is 23.1 Å². The molecule has 1 aliphatic rings.